The highest BCUT2D eigenvalue weighted by molar-refractivity contribution is 6.33. The number of carbonyl (C=O) groups excluding carboxylic acids is 3. The second-order valence-corrected chi connectivity index (χ2v) is 10.7. The molecule has 2 aromatic carbocycles. The molecule has 0 unspecified atom stereocenters. The fraction of sp³-hybridized carbons (Fsp3) is 0.379. The number of fused-ring (bicyclic) bond motifs is 3. The zero-order valence-corrected chi connectivity index (χ0v) is 20.9. The monoisotopic (exact) mass is 470 g/mol. The standard InChI is InChI=1S/C29H30N2O4/c1-28(2,3)35-24(32)7-6-12-31-27(34)18-9-11-21-22(14-18)29(4,5)23-15-19-13-17(16-30)8-10-20(19)25(23)26(21)33/h8-11,13-14H,6-7,12,15H2,1-5H3,(H,31,34). The summed E-state index contributed by atoms with van der Waals surface area (Å²) in [5, 5.41) is 12.1. The van der Waals surface area contributed by atoms with Crippen LogP contribution in [0.2, 0.25) is 0 Å². The summed E-state index contributed by atoms with van der Waals surface area (Å²) >= 11 is 0. The summed E-state index contributed by atoms with van der Waals surface area (Å²) in [5.41, 5.74) is 5.16. The van der Waals surface area contributed by atoms with Gasteiger partial charge in [-0.15, -0.1) is 0 Å². The number of benzene rings is 2. The third kappa shape index (κ3) is 4.64. The zero-order valence-electron chi connectivity index (χ0n) is 20.9. The van der Waals surface area contributed by atoms with Crippen molar-refractivity contribution in [1.29, 1.82) is 5.26 Å². The van der Waals surface area contributed by atoms with Crippen LogP contribution < -0.4 is 5.32 Å². The summed E-state index contributed by atoms with van der Waals surface area (Å²) in [5.74, 6) is -0.570. The summed E-state index contributed by atoms with van der Waals surface area (Å²) in [6.07, 6.45) is 1.32. The van der Waals surface area contributed by atoms with E-state index in [0.717, 1.165) is 27.8 Å². The molecule has 0 saturated carbocycles. The molecule has 0 bridgehead atoms. The van der Waals surface area contributed by atoms with Gasteiger partial charge in [-0.05, 0) is 86.2 Å². The molecule has 4 rings (SSSR count). The Labute approximate surface area is 206 Å². The van der Waals surface area contributed by atoms with Gasteiger partial charge in [0.2, 0.25) is 0 Å². The van der Waals surface area contributed by atoms with Crippen LogP contribution in [0.15, 0.2) is 42.0 Å². The first-order valence-corrected chi connectivity index (χ1v) is 11.9. The van der Waals surface area contributed by atoms with Crippen LogP contribution >= 0.6 is 0 Å². The van der Waals surface area contributed by atoms with Crippen LogP contribution in [0.4, 0.5) is 0 Å². The number of allylic oxidation sites excluding steroid dienone is 2. The lowest BCUT2D eigenvalue weighted by molar-refractivity contribution is -0.154. The van der Waals surface area contributed by atoms with Crippen molar-refractivity contribution in [3.63, 3.8) is 0 Å². The molecule has 6 heteroatoms. The van der Waals surface area contributed by atoms with Crippen LogP contribution in [-0.2, 0) is 21.4 Å². The molecule has 6 nitrogen and oxygen atoms in total. The van der Waals surface area contributed by atoms with Gasteiger partial charge in [0.1, 0.15) is 5.60 Å². The van der Waals surface area contributed by atoms with E-state index in [1.807, 2.05) is 39.0 Å². The third-order valence-corrected chi connectivity index (χ3v) is 6.62. The van der Waals surface area contributed by atoms with Crippen molar-refractivity contribution >= 4 is 23.2 Å². The Bertz CT molecular complexity index is 1320. The number of nitriles is 1. The maximum Gasteiger partial charge on any atom is 0.306 e. The van der Waals surface area contributed by atoms with Crippen molar-refractivity contribution in [1.82, 2.24) is 5.32 Å². The van der Waals surface area contributed by atoms with Crippen LogP contribution in [0.25, 0.3) is 5.57 Å². The molecular formula is C29H30N2O4. The molecule has 2 aliphatic carbocycles. The minimum atomic E-state index is -0.526. The highest BCUT2D eigenvalue weighted by atomic mass is 16.6. The molecule has 0 spiro atoms. The summed E-state index contributed by atoms with van der Waals surface area (Å²) in [6.45, 7) is 9.97. The molecule has 1 N–H and O–H groups in total. The fourth-order valence-corrected chi connectivity index (χ4v) is 4.91. The lowest BCUT2D eigenvalue weighted by atomic mass is 9.68. The maximum absolute atomic E-state index is 13.5. The molecule has 180 valence electrons. The lowest BCUT2D eigenvalue weighted by Gasteiger charge is -2.34. The van der Waals surface area contributed by atoms with Gasteiger partial charge in [0.15, 0.2) is 5.78 Å². The first kappa shape index (κ1) is 24.4. The second-order valence-electron chi connectivity index (χ2n) is 10.7. The van der Waals surface area contributed by atoms with Crippen molar-refractivity contribution in [2.45, 2.75) is 64.9 Å². The summed E-state index contributed by atoms with van der Waals surface area (Å²) in [6, 6.07) is 12.9. The van der Waals surface area contributed by atoms with Crippen LogP contribution in [0.1, 0.15) is 90.4 Å². The van der Waals surface area contributed by atoms with Gasteiger partial charge in [0, 0.05) is 35.1 Å². The number of amides is 1. The first-order chi connectivity index (χ1) is 16.4. The lowest BCUT2D eigenvalue weighted by Crippen LogP contribution is -2.31. The maximum atomic E-state index is 13.5. The predicted molar refractivity (Wildman–Crippen MR) is 133 cm³/mol. The normalized spacial score (nSPS) is 15.6. The van der Waals surface area contributed by atoms with Crippen LogP contribution in [0, 0.1) is 11.3 Å². The Morgan fingerprint density at radius 1 is 1.11 bits per heavy atom. The minimum absolute atomic E-state index is 0.0397. The van der Waals surface area contributed by atoms with Crippen molar-refractivity contribution < 1.29 is 19.1 Å². The molecule has 0 fully saturated rings. The van der Waals surface area contributed by atoms with E-state index in [4.69, 9.17) is 4.74 Å². The van der Waals surface area contributed by atoms with Gasteiger partial charge >= 0.3 is 5.97 Å². The van der Waals surface area contributed by atoms with Crippen LogP contribution in [0.5, 0.6) is 0 Å². The number of ketones is 1. The molecular weight excluding hydrogens is 440 g/mol. The van der Waals surface area contributed by atoms with E-state index in [0.29, 0.717) is 36.1 Å². The van der Waals surface area contributed by atoms with Crippen molar-refractivity contribution in [2.24, 2.45) is 0 Å². The van der Waals surface area contributed by atoms with Gasteiger partial charge in [0.25, 0.3) is 5.91 Å². The van der Waals surface area contributed by atoms with Gasteiger partial charge in [-0.25, -0.2) is 0 Å². The molecule has 2 aromatic rings. The molecule has 0 aromatic heterocycles. The van der Waals surface area contributed by atoms with Crippen molar-refractivity contribution in [2.75, 3.05) is 6.54 Å². The Hall–Kier alpha value is -3.72. The Kier molecular flexibility index (Phi) is 6.14. The molecule has 0 heterocycles. The Morgan fingerprint density at radius 2 is 1.83 bits per heavy atom. The average Bonchev–Trinajstić information content (AvgIpc) is 3.19. The zero-order chi connectivity index (χ0) is 25.5. The van der Waals surface area contributed by atoms with E-state index in [9.17, 15) is 19.6 Å². The van der Waals surface area contributed by atoms with Crippen LogP contribution in [-0.4, -0.2) is 29.8 Å². The van der Waals surface area contributed by atoms with Gasteiger partial charge in [-0.2, -0.15) is 5.26 Å². The van der Waals surface area contributed by atoms with Gasteiger partial charge in [0.05, 0.1) is 11.6 Å². The Morgan fingerprint density at radius 3 is 2.51 bits per heavy atom. The van der Waals surface area contributed by atoms with E-state index in [1.54, 1.807) is 18.2 Å². The van der Waals surface area contributed by atoms with Gasteiger partial charge < -0.3 is 10.1 Å². The first-order valence-electron chi connectivity index (χ1n) is 11.9. The number of rotatable bonds is 5. The van der Waals surface area contributed by atoms with E-state index in [-0.39, 0.29) is 24.1 Å². The third-order valence-electron chi connectivity index (χ3n) is 6.62. The quantitative estimate of drug-likeness (QED) is 0.496. The molecule has 2 aliphatic rings. The number of nitrogens with one attached hydrogen (secondary N) is 1. The predicted octanol–water partition coefficient (Wildman–Crippen LogP) is 4.89. The van der Waals surface area contributed by atoms with Crippen LogP contribution in [0.3, 0.4) is 0 Å². The molecule has 1 amide bonds. The molecule has 35 heavy (non-hydrogen) atoms. The topological polar surface area (TPSA) is 96.3 Å². The van der Waals surface area contributed by atoms with Crippen molar-refractivity contribution in [3.05, 3.63) is 75.4 Å². The van der Waals surface area contributed by atoms with E-state index in [2.05, 4.69) is 25.2 Å². The number of hydrogen-bond donors (Lipinski definition) is 1. The number of carbonyl (C=O) groups is 3. The molecule has 0 saturated heterocycles. The Balaban J connectivity index is 1.50. The minimum Gasteiger partial charge on any atom is -0.460 e. The van der Waals surface area contributed by atoms with Gasteiger partial charge in [-0.3, -0.25) is 14.4 Å². The molecule has 0 radical (unpaired) electrons. The van der Waals surface area contributed by atoms with Crippen molar-refractivity contribution in [3.8, 4) is 6.07 Å². The smallest absolute Gasteiger partial charge is 0.306 e. The average molecular weight is 471 g/mol. The largest absolute Gasteiger partial charge is 0.460 e. The highest BCUT2D eigenvalue weighted by Gasteiger charge is 2.43. The number of ether oxygens (including phenoxy) is 1. The number of nitrogens with zero attached hydrogens (tertiary/aromatic N) is 1. The van der Waals surface area contributed by atoms with Gasteiger partial charge in [-0.1, -0.05) is 19.9 Å². The summed E-state index contributed by atoms with van der Waals surface area (Å²) in [4.78, 5) is 38.2. The van der Waals surface area contributed by atoms with E-state index < -0.39 is 11.0 Å². The summed E-state index contributed by atoms with van der Waals surface area (Å²) < 4.78 is 5.29. The summed E-state index contributed by atoms with van der Waals surface area (Å²) in [7, 11) is 0. The van der Waals surface area contributed by atoms with E-state index >= 15 is 0 Å². The number of esters is 1. The second kappa shape index (κ2) is 8.81. The molecule has 0 atom stereocenters. The molecule has 0 aliphatic heterocycles. The SMILES string of the molecule is CC(C)(C)OC(=O)CCCNC(=O)c1ccc2c(c1)C(C)(C)C1=C(C2=O)c2ccc(C#N)cc2C1. The number of hydrogen-bond acceptors (Lipinski definition) is 5. The van der Waals surface area contributed by atoms with E-state index in [1.165, 1.54) is 0 Å². The fourth-order valence-electron chi connectivity index (χ4n) is 4.91. The highest BCUT2D eigenvalue weighted by Crippen LogP contribution is 2.50. The number of Topliss-reactive ketones (excluding diaryl/α,β-unsaturated/α-hetero) is 1.